The summed E-state index contributed by atoms with van der Waals surface area (Å²) in [5, 5.41) is 14.5. The summed E-state index contributed by atoms with van der Waals surface area (Å²) in [6.07, 6.45) is 0.822. The van der Waals surface area contributed by atoms with Gasteiger partial charge >= 0.3 is 0 Å². The molecule has 1 saturated heterocycles. The molecule has 0 aromatic carbocycles. The first kappa shape index (κ1) is 14.4. The van der Waals surface area contributed by atoms with Crippen LogP contribution in [0.25, 0.3) is 0 Å². The molecule has 110 valence electrons. The highest BCUT2D eigenvalue weighted by molar-refractivity contribution is 5.96. The van der Waals surface area contributed by atoms with Gasteiger partial charge in [0.05, 0.1) is 13.6 Å². The Labute approximate surface area is 117 Å². The maximum absolute atomic E-state index is 12.5. The van der Waals surface area contributed by atoms with Crippen LogP contribution in [0.1, 0.15) is 33.0 Å². The highest BCUT2D eigenvalue weighted by atomic mass is 16.2. The zero-order valence-corrected chi connectivity index (χ0v) is 12.2. The van der Waals surface area contributed by atoms with Gasteiger partial charge in [-0.05, 0) is 18.1 Å². The van der Waals surface area contributed by atoms with Gasteiger partial charge in [0.2, 0.25) is 11.8 Å². The Morgan fingerprint density at radius 1 is 1.40 bits per heavy atom. The van der Waals surface area contributed by atoms with Gasteiger partial charge < -0.3 is 10.2 Å². The number of carbonyl (C=O) groups is 2. The van der Waals surface area contributed by atoms with E-state index in [1.54, 1.807) is 14.0 Å². The predicted octanol–water partition coefficient (Wildman–Crippen LogP) is -0.528. The molecule has 0 radical (unpaired) electrons. The van der Waals surface area contributed by atoms with Crippen LogP contribution in [0.3, 0.4) is 0 Å². The molecule has 8 nitrogen and oxygen atoms in total. The molecular weight excluding hydrogens is 260 g/mol. The number of piperazine rings is 1. The van der Waals surface area contributed by atoms with E-state index in [0.717, 1.165) is 6.42 Å². The average Bonchev–Trinajstić information content (AvgIpc) is 2.83. The molecule has 1 aromatic heterocycles. The summed E-state index contributed by atoms with van der Waals surface area (Å²) in [5.41, 5.74) is 0. The summed E-state index contributed by atoms with van der Waals surface area (Å²) in [6.45, 7) is 5.86. The van der Waals surface area contributed by atoms with Gasteiger partial charge in [0.1, 0.15) is 12.1 Å². The predicted molar refractivity (Wildman–Crippen MR) is 70.2 cm³/mol. The lowest BCUT2D eigenvalue weighted by molar-refractivity contribution is -0.150. The summed E-state index contributed by atoms with van der Waals surface area (Å²) >= 11 is 0. The van der Waals surface area contributed by atoms with Gasteiger partial charge in [0.15, 0.2) is 5.82 Å². The summed E-state index contributed by atoms with van der Waals surface area (Å²) in [5.74, 6) is 0.305. The number of amides is 2. The molecule has 1 aliphatic heterocycles. The van der Waals surface area contributed by atoms with Crippen LogP contribution in [-0.2, 0) is 23.2 Å². The molecule has 0 aliphatic carbocycles. The SMILES string of the molecule is CCC(C)C1NC(=O)C(C)N(Cc2nnn(C)n2)C1=O. The summed E-state index contributed by atoms with van der Waals surface area (Å²) in [4.78, 5) is 27.4. The zero-order valence-electron chi connectivity index (χ0n) is 12.2. The van der Waals surface area contributed by atoms with Crippen LogP contribution in [0, 0.1) is 5.92 Å². The third kappa shape index (κ3) is 2.63. The normalized spacial score (nSPS) is 24.7. The van der Waals surface area contributed by atoms with Crippen LogP contribution in [0.4, 0.5) is 0 Å². The summed E-state index contributed by atoms with van der Waals surface area (Å²) in [7, 11) is 1.66. The summed E-state index contributed by atoms with van der Waals surface area (Å²) in [6, 6.07) is -0.994. The first-order chi connectivity index (χ1) is 9.43. The number of hydrogen-bond donors (Lipinski definition) is 1. The molecule has 20 heavy (non-hydrogen) atoms. The number of aryl methyl sites for hydroxylation is 1. The van der Waals surface area contributed by atoms with Crippen molar-refractivity contribution in [2.45, 2.75) is 45.8 Å². The minimum absolute atomic E-state index is 0.0843. The molecule has 0 spiro atoms. The second kappa shape index (κ2) is 5.56. The van der Waals surface area contributed by atoms with Crippen LogP contribution in [0.15, 0.2) is 0 Å². The molecule has 3 atom stereocenters. The van der Waals surface area contributed by atoms with Crippen molar-refractivity contribution in [3.63, 3.8) is 0 Å². The van der Waals surface area contributed by atoms with E-state index in [-0.39, 0.29) is 24.3 Å². The van der Waals surface area contributed by atoms with E-state index in [4.69, 9.17) is 0 Å². The van der Waals surface area contributed by atoms with Crippen LogP contribution < -0.4 is 5.32 Å². The molecule has 0 bridgehead atoms. The molecule has 3 unspecified atom stereocenters. The lowest BCUT2D eigenvalue weighted by atomic mass is 9.94. The number of aromatic nitrogens is 4. The number of nitrogens with zero attached hydrogens (tertiary/aromatic N) is 5. The minimum Gasteiger partial charge on any atom is -0.342 e. The number of rotatable bonds is 4. The lowest BCUT2D eigenvalue weighted by Gasteiger charge is -2.38. The van der Waals surface area contributed by atoms with Crippen LogP contribution in [-0.4, -0.2) is 49.0 Å². The van der Waals surface area contributed by atoms with Gasteiger partial charge in [-0.1, -0.05) is 20.3 Å². The lowest BCUT2D eigenvalue weighted by Crippen LogP contribution is -2.63. The summed E-state index contributed by atoms with van der Waals surface area (Å²) < 4.78 is 0. The van der Waals surface area contributed by atoms with Gasteiger partial charge in [0, 0.05) is 0 Å². The smallest absolute Gasteiger partial charge is 0.246 e. The minimum atomic E-state index is -0.522. The van der Waals surface area contributed by atoms with E-state index in [9.17, 15) is 9.59 Å². The van der Waals surface area contributed by atoms with E-state index >= 15 is 0 Å². The molecule has 2 rings (SSSR count). The fourth-order valence-corrected chi connectivity index (χ4v) is 2.22. The largest absolute Gasteiger partial charge is 0.342 e. The van der Waals surface area contributed by atoms with Gasteiger partial charge in [-0.3, -0.25) is 9.59 Å². The molecule has 1 fully saturated rings. The van der Waals surface area contributed by atoms with Crippen molar-refractivity contribution in [3.8, 4) is 0 Å². The molecular formula is C12H20N6O2. The Balaban J connectivity index is 2.19. The van der Waals surface area contributed by atoms with Crippen molar-refractivity contribution in [2.75, 3.05) is 0 Å². The quantitative estimate of drug-likeness (QED) is 0.800. The van der Waals surface area contributed by atoms with E-state index in [0.29, 0.717) is 5.82 Å². The van der Waals surface area contributed by atoms with Gasteiger partial charge in [-0.15, -0.1) is 10.2 Å². The maximum Gasteiger partial charge on any atom is 0.246 e. The van der Waals surface area contributed by atoms with Crippen LogP contribution >= 0.6 is 0 Å². The Morgan fingerprint density at radius 2 is 2.10 bits per heavy atom. The van der Waals surface area contributed by atoms with Crippen molar-refractivity contribution in [1.29, 1.82) is 0 Å². The second-order valence-corrected chi connectivity index (χ2v) is 5.21. The highest BCUT2D eigenvalue weighted by Gasteiger charge is 2.40. The fourth-order valence-electron chi connectivity index (χ4n) is 2.22. The van der Waals surface area contributed by atoms with Crippen molar-refractivity contribution in [1.82, 2.24) is 30.4 Å². The van der Waals surface area contributed by atoms with Gasteiger partial charge in [-0.25, -0.2) is 0 Å². The molecule has 0 saturated carbocycles. The first-order valence-electron chi connectivity index (χ1n) is 6.77. The number of hydrogen-bond acceptors (Lipinski definition) is 5. The van der Waals surface area contributed by atoms with Gasteiger partial charge in [-0.2, -0.15) is 4.80 Å². The fraction of sp³-hybridized carbons (Fsp3) is 0.750. The van der Waals surface area contributed by atoms with E-state index in [1.807, 2.05) is 13.8 Å². The Hall–Kier alpha value is -1.99. The first-order valence-corrected chi connectivity index (χ1v) is 6.77. The van der Waals surface area contributed by atoms with E-state index < -0.39 is 12.1 Å². The Morgan fingerprint density at radius 3 is 2.65 bits per heavy atom. The highest BCUT2D eigenvalue weighted by Crippen LogP contribution is 2.18. The maximum atomic E-state index is 12.5. The van der Waals surface area contributed by atoms with Crippen molar-refractivity contribution in [3.05, 3.63) is 5.82 Å². The Bertz CT molecular complexity index is 514. The molecule has 1 aromatic rings. The number of carbonyl (C=O) groups excluding carboxylic acids is 2. The average molecular weight is 280 g/mol. The molecule has 1 aliphatic rings. The Kier molecular flexibility index (Phi) is 4.01. The number of nitrogens with one attached hydrogen (secondary N) is 1. The van der Waals surface area contributed by atoms with Crippen molar-refractivity contribution in [2.24, 2.45) is 13.0 Å². The zero-order chi connectivity index (χ0) is 14.9. The number of tetrazole rings is 1. The topological polar surface area (TPSA) is 93.0 Å². The molecule has 2 amide bonds. The monoisotopic (exact) mass is 280 g/mol. The third-order valence-electron chi connectivity index (χ3n) is 3.77. The third-order valence-corrected chi connectivity index (χ3v) is 3.77. The van der Waals surface area contributed by atoms with Gasteiger partial charge in [0.25, 0.3) is 0 Å². The van der Waals surface area contributed by atoms with Crippen LogP contribution in [0.2, 0.25) is 0 Å². The molecule has 8 heteroatoms. The van der Waals surface area contributed by atoms with Crippen molar-refractivity contribution >= 4 is 11.8 Å². The van der Waals surface area contributed by atoms with Crippen LogP contribution in [0.5, 0.6) is 0 Å². The second-order valence-electron chi connectivity index (χ2n) is 5.21. The standard InChI is InChI=1S/C12H20N6O2/c1-5-7(2)10-12(20)18(8(3)11(19)13-10)6-9-14-16-17(4)15-9/h7-8,10H,5-6H2,1-4H3,(H,13,19). The van der Waals surface area contributed by atoms with Crippen molar-refractivity contribution < 1.29 is 9.59 Å². The van der Waals surface area contributed by atoms with E-state index in [1.165, 1.54) is 9.70 Å². The van der Waals surface area contributed by atoms with E-state index in [2.05, 4.69) is 20.7 Å². The molecule has 1 N–H and O–H groups in total. The molecule has 2 heterocycles.